The van der Waals surface area contributed by atoms with E-state index in [0.29, 0.717) is 24.7 Å². The van der Waals surface area contributed by atoms with Crippen LogP contribution < -0.4 is 15.4 Å². The second kappa shape index (κ2) is 6.83. The highest BCUT2D eigenvalue weighted by Gasteiger charge is 2.06. The molecule has 2 aromatic heterocycles. The maximum atomic E-state index is 11.8. The fraction of sp³-hybridized carbons (Fsp3) is 0.176. The number of nitrogens with one attached hydrogen (secondary N) is 2. The van der Waals surface area contributed by atoms with Crippen molar-refractivity contribution in [2.45, 2.75) is 13.1 Å². The molecular formula is C17H17N3O3. The number of aromatic nitrogens is 1. The number of rotatable bonds is 5. The second-order valence-electron chi connectivity index (χ2n) is 4.99. The summed E-state index contributed by atoms with van der Waals surface area (Å²) in [5, 5.41) is 6.57. The lowest BCUT2D eigenvalue weighted by Gasteiger charge is -2.07. The number of carbonyl (C=O) groups is 1. The first-order chi connectivity index (χ1) is 11.2. The Hall–Kier alpha value is -3.02. The number of furan rings is 1. The number of para-hydroxylation sites is 1. The summed E-state index contributed by atoms with van der Waals surface area (Å²) in [4.78, 5) is 15.9. The molecule has 1 aromatic carbocycles. The predicted octanol–water partition coefficient (Wildman–Crippen LogP) is 2.84. The van der Waals surface area contributed by atoms with Crippen molar-refractivity contribution < 1.29 is 13.9 Å². The molecule has 0 fully saturated rings. The fourth-order valence-electron chi connectivity index (χ4n) is 2.21. The van der Waals surface area contributed by atoms with Gasteiger partial charge >= 0.3 is 6.03 Å². The van der Waals surface area contributed by atoms with Gasteiger partial charge < -0.3 is 19.8 Å². The highest BCUT2D eigenvalue weighted by Crippen LogP contribution is 2.18. The number of pyridine rings is 1. The summed E-state index contributed by atoms with van der Waals surface area (Å²) in [5.41, 5.74) is 1.73. The van der Waals surface area contributed by atoms with Crippen LogP contribution in [0.3, 0.4) is 0 Å². The Morgan fingerprint density at radius 1 is 1.17 bits per heavy atom. The molecule has 0 unspecified atom stereocenters. The quantitative estimate of drug-likeness (QED) is 0.759. The zero-order chi connectivity index (χ0) is 16.1. The molecule has 0 atom stereocenters. The van der Waals surface area contributed by atoms with E-state index in [1.54, 1.807) is 19.4 Å². The van der Waals surface area contributed by atoms with Gasteiger partial charge in [0, 0.05) is 24.2 Å². The smallest absolute Gasteiger partial charge is 0.315 e. The minimum Gasteiger partial charge on any atom is -0.481 e. The van der Waals surface area contributed by atoms with E-state index in [1.807, 2.05) is 36.4 Å². The Morgan fingerprint density at radius 3 is 2.83 bits per heavy atom. The minimum atomic E-state index is -0.263. The zero-order valence-corrected chi connectivity index (χ0v) is 12.7. The standard InChI is InChI=1S/C17H17N3O3/c1-22-16-8-12(6-7-18-16)10-19-17(21)20-11-14-9-13-4-2-3-5-15(13)23-14/h2-9H,10-11H2,1H3,(H2,19,20,21). The lowest BCUT2D eigenvalue weighted by atomic mass is 10.2. The number of carbonyl (C=O) groups excluding carboxylic acids is 1. The van der Waals surface area contributed by atoms with E-state index in [0.717, 1.165) is 16.5 Å². The van der Waals surface area contributed by atoms with Crippen LogP contribution >= 0.6 is 0 Å². The Kier molecular flexibility index (Phi) is 4.42. The van der Waals surface area contributed by atoms with Gasteiger partial charge in [0.15, 0.2) is 0 Å². The zero-order valence-electron chi connectivity index (χ0n) is 12.7. The third-order valence-corrected chi connectivity index (χ3v) is 3.36. The summed E-state index contributed by atoms with van der Waals surface area (Å²) in [6, 6.07) is 13.0. The first-order valence-electron chi connectivity index (χ1n) is 7.22. The van der Waals surface area contributed by atoms with Crippen LogP contribution in [-0.2, 0) is 13.1 Å². The van der Waals surface area contributed by atoms with Crippen molar-refractivity contribution in [2.24, 2.45) is 0 Å². The fourth-order valence-corrected chi connectivity index (χ4v) is 2.21. The monoisotopic (exact) mass is 311 g/mol. The van der Waals surface area contributed by atoms with Gasteiger partial charge in [0.2, 0.25) is 5.88 Å². The van der Waals surface area contributed by atoms with E-state index < -0.39 is 0 Å². The molecule has 23 heavy (non-hydrogen) atoms. The van der Waals surface area contributed by atoms with Crippen molar-refractivity contribution in [1.29, 1.82) is 0 Å². The van der Waals surface area contributed by atoms with Crippen LogP contribution in [0.5, 0.6) is 5.88 Å². The van der Waals surface area contributed by atoms with Crippen molar-refractivity contribution in [1.82, 2.24) is 15.6 Å². The molecule has 0 aliphatic carbocycles. The molecular weight excluding hydrogens is 294 g/mol. The van der Waals surface area contributed by atoms with Crippen LogP contribution in [0, 0.1) is 0 Å². The van der Waals surface area contributed by atoms with Gasteiger partial charge in [0.05, 0.1) is 13.7 Å². The molecule has 0 saturated carbocycles. The molecule has 3 aromatic rings. The summed E-state index contributed by atoms with van der Waals surface area (Å²) >= 11 is 0. The summed E-state index contributed by atoms with van der Waals surface area (Å²) in [6.07, 6.45) is 1.64. The van der Waals surface area contributed by atoms with Gasteiger partial charge in [-0.15, -0.1) is 0 Å². The highest BCUT2D eigenvalue weighted by atomic mass is 16.5. The molecule has 0 bridgehead atoms. The molecule has 0 aliphatic heterocycles. The molecule has 6 nitrogen and oxygen atoms in total. The van der Waals surface area contributed by atoms with Gasteiger partial charge in [0.25, 0.3) is 0 Å². The predicted molar refractivity (Wildman–Crippen MR) is 86.1 cm³/mol. The highest BCUT2D eigenvalue weighted by molar-refractivity contribution is 5.78. The average molecular weight is 311 g/mol. The SMILES string of the molecule is COc1cc(CNC(=O)NCc2cc3ccccc3o2)ccn1. The normalized spacial score (nSPS) is 10.5. The van der Waals surface area contributed by atoms with E-state index in [1.165, 1.54) is 0 Å². The summed E-state index contributed by atoms with van der Waals surface area (Å²) in [6.45, 7) is 0.727. The summed E-state index contributed by atoms with van der Waals surface area (Å²) < 4.78 is 10.7. The van der Waals surface area contributed by atoms with Crippen molar-refractivity contribution >= 4 is 17.0 Å². The Balaban J connectivity index is 1.51. The number of benzene rings is 1. The maximum absolute atomic E-state index is 11.8. The minimum absolute atomic E-state index is 0.263. The van der Waals surface area contributed by atoms with E-state index in [-0.39, 0.29) is 6.03 Å². The molecule has 118 valence electrons. The van der Waals surface area contributed by atoms with Crippen LogP contribution in [0.25, 0.3) is 11.0 Å². The number of methoxy groups -OCH3 is 1. The molecule has 3 rings (SSSR count). The van der Waals surface area contributed by atoms with Gasteiger partial charge in [0.1, 0.15) is 11.3 Å². The lowest BCUT2D eigenvalue weighted by molar-refractivity contribution is 0.239. The Morgan fingerprint density at radius 2 is 2.00 bits per heavy atom. The Labute approximate surface area is 133 Å². The first kappa shape index (κ1) is 14.9. The van der Waals surface area contributed by atoms with E-state index in [2.05, 4.69) is 15.6 Å². The maximum Gasteiger partial charge on any atom is 0.315 e. The third-order valence-electron chi connectivity index (χ3n) is 3.36. The topological polar surface area (TPSA) is 76.4 Å². The van der Waals surface area contributed by atoms with Crippen LogP contribution in [0.1, 0.15) is 11.3 Å². The number of urea groups is 1. The summed E-state index contributed by atoms with van der Waals surface area (Å²) in [7, 11) is 1.56. The van der Waals surface area contributed by atoms with E-state index in [4.69, 9.17) is 9.15 Å². The van der Waals surface area contributed by atoms with Crippen LogP contribution in [0.15, 0.2) is 53.1 Å². The molecule has 0 aliphatic rings. The van der Waals surface area contributed by atoms with E-state index in [9.17, 15) is 4.79 Å². The van der Waals surface area contributed by atoms with Crippen molar-refractivity contribution in [3.05, 3.63) is 60.0 Å². The van der Waals surface area contributed by atoms with Crippen molar-refractivity contribution in [2.75, 3.05) is 7.11 Å². The van der Waals surface area contributed by atoms with Gasteiger partial charge in [-0.2, -0.15) is 0 Å². The Bertz CT molecular complexity index is 780. The molecule has 2 heterocycles. The van der Waals surface area contributed by atoms with Crippen molar-refractivity contribution in [3.8, 4) is 5.88 Å². The van der Waals surface area contributed by atoms with Crippen LogP contribution in [-0.4, -0.2) is 18.1 Å². The van der Waals surface area contributed by atoms with Crippen LogP contribution in [0.2, 0.25) is 0 Å². The number of hydrogen-bond acceptors (Lipinski definition) is 4. The number of amides is 2. The molecule has 6 heteroatoms. The first-order valence-corrected chi connectivity index (χ1v) is 7.22. The van der Waals surface area contributed by atoms with Gasteiger partial charge in [-0.25, -0.2) is 9.78 Å². The van der Waals surface area contributed by atoms with Crippen LogP contribution in [0.4, 0.5) is 4.79 Å². The largest absolute Gasteiger partial charge is 0.481 e. The number of ether oxygens (including phenoxy) is 1. The van der Waals surface area contributed by atoms with Gasteiger partial charge in [-0.3, -0.25) is 0 Å². The van der Waals surface area contributed by atoms with Gasteiger partial charge in [-0.1, -0.05) is 18.2 Å². The third kappa shape index (κ3) is 3.79. The van der Waals surface area contributed by atoms with E-state index >= 15 is 0 Å². The lowest BCUT2D eigenvalue weighted by Crippen LogP contribution is -2.34. The average Bonchev–Trinajstić information content (AvgIpc) is 3.01. The van der Waals surface area contributed by atoms with Gasteiger partial charge in [-0.05, 0) is 23.8 Å². The molecule has 0 spiro atoms. The van der Waals surface area contributed by atoms with Crippen molar-refractivity contribution in [3.63, 3.8) is 0 Å². The number of hydrogen-bond donors (Lipinski definition) is 2. The number of nitrogens with zero attached hydrogens (tertiary/aromatic N) is 1. The molecule has 0 radical (unpaired) electrons. The summed E-state index contributed by atoms with van der Waals surface area (Å²) in [5.74, 6) is 1.24. The second-order valence-corrected chi connectivity index (χ2v) is 4.99. The number of fused-ring (bicyclic) bond motifs is 1. The molecule has 0 saturated heterocycles. The molecule has 2 amide bonds. The molecule has 2 N–H and O–H groups in total.